The Morgan fingerprint density at radius 1 is 1.15 bits per heavy atom. The molecular formula is C18H21N3O6. The van der Waals surface area contributed by atoms with Gasteiger partial charge in [-0.2, -0.15) is 0 Å². The summed E-state index contributed by atoms with van der Waals surface area (Å²) in [7, 11) is 5.87. The molecule has 1 aliphatic rings. The maximum absolute atomic E-state index is 13.1. The number of hydrogen-bond donors (Lipinski definition) is 2. The average Bonchev–Trinajstić information content (AvgIpc) is 2.66. The van der Waals surface area contributed by atoms with E-state index in [4.69, 9.17) is 13.9 Å². The van der Waals surface area contributed by atoms with Gasteiger partial charge in [0, 0.05) is 14.1 Å². The summed E-state index contributed by atoms with van der Waals surface area (Å²) in [6, 6.07) is 4.84. The van der Waals surface area contributed by atoms with Crippen LogP contribution in [0.2, 0.25) is 0 Å². The molecule has 0 saturated heterocycles. The van der Waals surface area contributed by atoms with Gasteiger partial charge < -0.3 is 19.2 Å². The Balaban J connectivity index is 2.28. The van der Waals surface area contributed by atoms with Crippen molar-refractivity contribution in [2.75, 3.05) is 33.6 Å². The molecule has 27 heavy (non-hydrogen) atoms. The van der Waals surface area contributed by atoms with Crippen LogP contribution in [0, 0.1) is 5.92 Å². The number of methoxy groups -OCH3 is 2. The number of nitrogens with one attached hydrogen (secondary N) is 2. The van der Waals surface area contributed by atoms with Crippen molar-refractivity contribution in [3.63, 3.8) is 0 Å². The van der Waals surface area contributed by atoms with Crippen molar-refractivity contribution in [2.45, 2.75) is 12.1 Å². The fraction of sp³-hybridized carbons (Fsp3) is 0.389. The number of para-hydroxylation sites is 1. The van der Waals surface area contributed by atoms with E-state index >= 15 is 0 Å². The van der Waals surface area contributed by atoms with Gasteiger partial charge in [0.05, 0.1) is 31.2 Å². The summed E-state index contributed by atoms with van der Waals surface area (Å²) >= 11 is 0. The van der Waals surface area contributed by atoms with E-state index in [-0.39, 0.29) is 16.9 Å². The lowest BCUT2D eigenvalue weighted by molar-refractivity contribution is -0.155. The molecule has 1 aromatic carbocycles. The van der Waals surface area contributed by atoms with E-state index in [1.165, 1.54) is 14.2 Å². The van der Waals surface area contributed by atoms with Gasteiger partial charge in [0.1, 0.15) is 17.5 Å². The molecule has 1 aromatic heterocycles. The van der Waals surface area contributed by atoms with Gasteiger partial charge in [-0.15, -0.1) is 0 Å². The molecule has 3 rings (SSSR count). The van der Waals surface area contributed by atoms with Gasteiger partial charge in [0.25, 0.3) is 0 Å². The van der Waals surface area contributed by atoms with Gasteiger partial charge in [0.2, 0.25) is 5.88 Å². The number of esters is 2. The first-order valence-corrected chi connectivity index (χ1v) is 8.30. The Morgan fingerprint density at radius 2 is 1.81 bits per heavy atom. The van der Waals surface area contributed by atoms with Crippen molar-refractivity contribution in [3.05, 3.63) is 40.1 Å². The SMILES string of the molecule is COC(=O)C1Nc2oc3ccccc3c(=O)c2C(NN(C)C)C1C(=O)OC. The highest BCUT2D eigenvalue weighted by molar-refractivity contribution is 5.90. The van der Waals surface area contributed by atoms with Crippen LogP contribution in [-0.2, 0) is 19.1 Å². The van der Waals surface area contributed by atoms with Crippen molar-refractivity contribution >= 4 is 28.8 Å². The van der Waals surface area contributed by atoms with E-state index in [0.29, 0.717) is 11.0 Å². The van der Waals surface area contributed by atoms with Gasteiger partial charge in [-0.25, -0.2) is 15.2 Å². The molecule has 144 valence electrons. The van der Waals surface area contributed by atoms with Crippen LogP contribution in [-0.4, -0.2) is 51.3 Å². The topological polar surface area (TPSA) is 110 Å². The van der Waals surface area contributed by atoms with Crippen molar-refractivity contribution in [1.82, 2.24) is 10.4 Å². The number of carbonyl (C=O) groups excluding carboxylic acids is 2. The largest absolute Gasteiger partial charge is 0.469 e. The predicted molar refractivity (Wildman–Crippen MR) is 97.0 cm³/mol. The molecule has 0 bridgehead atoms. The summed E-state index contributed by atoms with van der Waals surface area (Å²) in [5.74, 6) is -2.25. The lowest BCUT2D eigenvalue weighted by atomic mass is 9.83. The van der Waals surface area contributed by atoms with Gasteiger partial charge in [-0.05, 0) is 12.1 Å². The fourth-order valence-electron chi connectivity index (χ4n) is 3.31. The molecule has 2 heterocycles. The van der Waals surface area contributed by atoms with Crippen molar-refractivity contribution in [1.29, 1.82) is 0 Å². The number of carbonyl (C=O) groups is 2. The monoisotopic (exact) mass is 375 g/mol. The quantitative estimate of drug-likeness (QED) is 0.588. The fourth-order valence-corrected chi connectivity index (χ4v) is 3.31. The molecule has 0 spiro atoms. The minimum Gasteiger partial charge on any atom is -0.469 e. The van der Waals surface area contributed by atoms with E-state index in [1.54, 1.807) is 43.4 Å². The molecule has 9 heteroatoms. The molecule has 1 aliphatic heterocycles. The predicted octanol–water partition coefficient (Wildman–Crippen LogP) is 0.657. The summed E-state index contributed by atoms with van der Waals surface area (Å²) < 4.78 is 15.6. The molecule has 3 atom stereocenters. The molecule has 2 aromatic rings. The highest BCUT2D eigenvalue weighted by Gasteiger charge is 2.48. The van der Waals surface area contributed by atoms with E-state index < -0.39 is 29.9 Å². The third kappa shape index (κ3) is 3.26. The summed E-state index contributed by atoms with van der Waals surface area (Å²) in [5, 5.41) is 4.82. The Bertz CT molecular complexity index is 938. The number of nitrogens with zero attached hydrogens (tertiary/aromatic N) is 1. The van der Waals surface area contributed by atoms with Gasteiger partial charge in [-0.1, -0.05) is 12.1 Å². The van der Waals surface area contributed by atoms with Gasteiger partial charge in [-0.3, -0.25) is 9.59 Å². The first-order valence-electron chi connectivity index (χ1n) is 8.30. The number of anilines is 1. The van der Waals surface area contributed by atoms with E-state index in [9.17, 15) is 14.4 Å². The molecule has 9 nitrogen and oxygen atoms in total. The average molecular weight is 375 g/mol. The second-order valence-electron chi connectivity index (χ2n) is 6.37. The summed E-state index contributed by atoms with van der Waals surface area (Å²) in [6.07, 6.45) is 0. The molecule has 0 fully saturated rings. The minimum atomic E-state index is -1.09. The molecule has 0 saturated carbocycles. The first-order chi connectivity index (χ1) is 12.9. The van der Waals surface area contributed by atoms with Crippen molar-refractivity contribution < 1.29 is 23.5 Å². The standard InChI is InChI=1S/C18H21N3O6/c1-21(2)20-13-11(17(23)25-3)14(18(24)26-4)19-16-12(13)15(22)9-7-5-6-8-10(9)27-16/h5-8,11,13-14,19-20H,1-4H3. The number of hydrazine groups is 1. The normalized spacial score (nSPS) is 21.4. The zero-order chi connectivity index (χ0) is 19.7. The Labute approximate surface area is 155 Å². The van der Waals surface area contributed by atoms with Crippen LogP contribution >= 0.6 is 0 Å². The molecule has 0 amide bonds. The Morgan fingerprint density at radius 3 is 2.44 bits per heavy atom. The Kier molecular flexibility index (Phi) is 5.15. The van der Waals surface area contributed by atoms with Crippen molar-refractivity contribution in [3.8, 4) is 0 Å². The van der Waals surface area contributed by atoms with E-state index in [0.717, 1.165) is 0 Å². The summed E-state index contributed by atoms with van der Waals surface area (Å²) in [6.45, 7) is 0. The number of benzene rings is 1. The summed E-state index contributed by atoms with van der Waals surface area (Å²) in [4.78, 5) is 38.0. The van der Waals surface area contributed by atoms with Crippen LogP contribution in [0.25, 0.3) is 11.0 Å². The van der Waals surface area contributed by atoms with Crippen LogP contribution in [0.3, 0.4) is 0 Å². The third-order valence-corrected chi connectivity index (χ3v) is 4.47. The second-order valence-corrected chi connectivity index (χ2v) is 6.37. The van der Waals surface area contributed by atoms with Crippen LogP contribution in [0.1, 0.15) is 11.6 Å². The smallest absolute Gasteiger partial charge is 0.329 e. The van der Waals surface area contributed by atoms with E-state index in [1.807, 2.05) is 0 Å². The van der Waals surface area contributed by atoms with E-state index in [2.05, 4.69) is 10.7 Å². The molecule has 3 unspecified atom stereocenters. The van der Waals surface area contributed by atoms with Crippen LogP contribution < -0.4 is 16.2 Å². The number of hydrogen-bond acceptors (Lipinski definition) is 9. The first kappa shape index (κ1) is 18.9. The lowest BCUT2D eigenvalue weighted by Crippen LogP contribution is -2.54. The Hall–Kier alpha value is -2.91. The number of ether oxygens (including phenoxy) is 2. The van der Waals surface area contributed by atoms with Crippen LogP contribution in [0.4, 0.5) is 5.88 Å². The molecular weight excluding hydrogens is 354 g/mol. The second kappa shape index (κ2) is 7.37. The highest BCUT2D eigenvalue weighted by Crippen LogP contribution is 2.37. The number of fused-ring (bicyclic) bond motifs is 2. The zero-order valence-corrected chi connectivity index (χ0v) is 15.4. The molecule has 2 N–H and O–H groups in total. The van der Waals surface area contributed by atoms with Crippen LogP contribution in [0.15, 0.2) is 33.5 Å². The minimum absolute atomic E-state index is 0.119. The molecule has 0 radical (unpaired) electrons. The lowest BCUT2D eigenvalue weighted by Gasteiger charge is -2.37. The zero-order valence-electron chi connectivity index (χ0n) is 15.4. The summed E-state index contributed by atoms with van der Waals surface area (Å²) in [5.41, 5.74) is 3.34. The van der Waals surface area contributed by atoms with Gasteiger partial charge in [0.15, 0.2) is 5.43 Å². The highest BCUT2D eigenvalue weighted by atomic mass is 16.5. The number of rotatable bonds is 4. The maximum atomic E-state index is 13.1. The molecule has 0 aliphatic carbocycles. The van der Waals surface area contributed by atoms with Gasteiger partial charge >= 0.3 is 11.9 Å². The van der Waals surface area contributed by atoms with Crippen LogP contribution in [0.5, 0.6) is 0 Å². The third-order valence-electron chi connectivity index (χ3n) is 4.47. The maximum Gasteiger partial charge on any atom is 0.329 e. The van der Waals surface area contributed by atoms with Crippen molar-refractivity contribution in [2.24, 2.45) is 5.92 Å².